The fraction of sp³-hybridized carbons (Fsp3) is 0.591. The normalized spacial score (nSPS) is 22.4. The third-order valence-electron chi connectivity index (χ3n) is 6.06. The molecule has 1 spiro atoms. The molecule has 1 aliphatic heterocycles. The second-order valence-corrected chi connectivity index (χ2v) is 8.04. The molecule has 0 bridgehead atoms. The van der Waals surface area contributed by atoms with Crippen molar-refractivity contribution < 1.29 is 4.52 Å². The molecule has 1 N–H and O–H groups in total. The summed E-state index contributed by atoms with van der Waals surface area (Å²) in [5, 5.41) is 7.36. The van der Waals surface area contributed by atoms with Gasteiger partial charge in [-0.05, 0) is 57.1 Å². The molecule has 2 heterocycles. The molecule has 6 heteroatoms. The number of hydrogen-bond acceptors (Lipinski definition) is 4. The lowest BCUT2D eigenvalue weighted by molar-refractivity contribution is 0.188. The van der Waals surface area contributed by atoms with Crippen molar-refractivity contribution in [2.75, 3.05) is 26.2 Å². The molecule has 28 heavy (non-hydrogen) atoms. The number of piperidine rings is 1. The van der Waals surface area contributed by atoms with Crippen molar-refractivity contribution in [1.82, 2.24) is 20.4 Å². The molecule has 6 nitrogen and oxygen atoms in total. The van der Waals surface area contributed by atoms with E-state index in [0.29, 0.717) is 24.7 Å². The Hall–Kier alpha value is -2.37. The molecule has 1 fully saturated rings. The van der Waals surface area contributed by atoms with E-state index in [1.165, 1.54) is 32.1 Å². The molecule has 0 amide bonds. The van der Waals surface area contributed by atoms with Gasteiger partial charge in [-0.25, -0.2) is 0 Å². The van der Waals surface area contributed by atoms with Crippen LogP contribution in [0.4, 0.5) is 0 Å². The van der Waals surface area contributed by atoms with Gasteiger partial charge in [0.15, 0.2) is 11.8 Å². The Kier molecular flexibility index (Phi) is 5.64. The number of nitrogens with one attached hydrogen (secondary N) is 1. The number of nitrogens with zero attached hydrogens (tertiary/aromatic N) is 4. The first-order valence-corrected chi connectivity index (χ1v) is 10.6. The van der Waals surface area contributed by atoms with Crippen molar-refractivity contribution in [2.24, 2.45) is 4.99 Å². The molecule has 1 aliphatic carbocycles. The first-order valence-electron chi connectivity index (χ1n) is 10.6. The zero-order chi connectivity index (χ0) is 19.4. The number of benzene rings is 1. The molecule has 1 unspecified atom stereocenters. The topological polar surface area (TPSA) is 66.5 Å². The summed E-state index contributed by atoms with van der Waals surface area (Å²) in [6.45, 7) is 7.62. The average Bonchev–Trinajstić information content (AvgIpc) is 3.13. The van der Waals surface area contributed by atoms with E-state index in [1.54, 1.807) is 11.1 Å². The second kappa shape index (κ2) is 8.33. The van der Waals surface area contributed by atoms with E-state index >= 15 is 0 Å². The van der Waals surface area contributed by atoms with Gasteiger partial charge in [-0.1, -0.05) is 29.4 Å². The largest absolute Gasteiger partial charge is 0.357 e. The summed E-state index contributed by atoms with van der Waals surface area (Å²) in [7, 11) is 0. The van der Waals surface area contributed by atoms with Gasteiger partial charge in [-0.3, -0.25) is 4.99 Å². The van der Waals surface area contributed by atoms with Crippen molar-refractivity contribution >= 4 is 5.96 Å². The Balaban J connectivity index is 1.51. The van der Waals surface area contributed by atoms with Gasteiger partial charge < -0.3 is 14.7 Å². The van der Waals surface area contributed by atoms with E-state index in [1.807, 2.05) is 6.92 Å². The maximum atomic E-state index is 5.22. The maximum absolute atomic E-state index is 5.22. The van der Waals surface area contributed by atoms with Crippen LogP contribution in [0.15, 0.2) is 33.8 Å². The molecule has 0 radical (unpaired) electrons. The standard InChI is InChI=1S/C22H31N5O/c1-3-23-21(24-14-11-20-25-17(2)26-28-20)27-15-7-13-22(16-27)12-6-9-18-8-4-5-10-19(18)22/h4-5,8,10H,3,6-7,9,11-16H2,1-2H3,(H,23,24). The summed E-state index contributed by atoms with van der Waals surface area (Å²) in [6, 6.07) is 9.07. The minimum absolute atomic E-state index is 0.271. The molecule has 1 aromatic carbocycles. The monoisotopic (exact) mass is 381 g/mol. The van der Waals surface area contributed by atoms with Crippen LogP contribution in [0.5, 0.6) is 0 Å². The molecule has 2 aromatic rings. The SMILES string of the molecule is CCNC(=NCCc1nc(C)no1)N1CCCC2(CCCc3ccccc32)C1. The molecular formula is C22H31N5O. The van der Waals surface area contributed by atoms with Crippen LogP contribution in [0.1, 0.15) is 55.4 Å². The highest BCUT2D eigenvalue weighted by atomic mass is 16.5. The van der Waals surface area contributed by atoms with Gasteiger partial charge in [-0.2, -0.15) is 4.98 Å². The number of aryl methyl sites for hydroxylation is 2. The Morgan fingerprint density at radius 2 is 2.14 bits per heavy atom. The summed E-state index contributed by atoms with van der Waals surface area (Å²) in [6.07, 6.45) is 6.95. The first-order chi connectivity index (χ1) is 13.7. The highest BCUT2D eigenvalue weighted by Gasteiger charge is 2.40. The van der Waals surface area contributed by atoms with Crippen LogP contribution in [0.3, 0.4) is 0 Å². The highest BCUT2D eigenvalue weighted by molar-refractivity contribution is 5.80. The van der Waals surface area contributed by atoms with Gasteiger partial charge in [0.25, 0.3) is 0 Å². The maximum Gasteiger partial charge on any atom is 0.228 e. The zero-order valence-corrected chi connectivity index (χ0v) is 17.1. The Labute approximate surface area is 167 Å². The summed E-state index contributed by atoms with van der Waals surface area (Å²) in [5.74, 6) is 2.36. The number of aromatic nitrogens is 2. The van der Waals surface area contributed by atoms with Crippen LogP contribution in [0.25, 0.3) is 0 Å². The van der Waals surface area contributed by atoms with Gasteiger partial charge in [0.05, 0.1) is 6.54 Å². The molecule has 0 saturated carbocycles. The number of aliphatic imine (C=N–C) groups is 1. The van der Waals surface area contributed by atoms with E-state index in [4.69, 9.17) is 9.52 Å². The molecule has 150 valence electrons. The van der Waals surface area contributed by atoms with Crippen LogP contribution in [-0.4, -0.2) is 47.2 Å². The summed E-state index contributed by atoms with van der Waals surface area (Å²) in [4.78, 5) is 11.6. The van der Waals surface area contributed by atoms with Crippen molar-refractivity contribution in [2.45, 2.75) is 57.8 Å². The van der Waals surface area contributed by atoms with Crippen LogP contribution in [0.2, 0.25) is 0 Å². The van der Waals surface area contributed by atoms with Crippen molar-refractivity contribution in [3.8, 4) is 0 Å². The second-order valence-electron chi connectivity index (χ2n) is 8.04. The minimum atomic E-state index is 0.271. The quantitative estimate of drug-likeness (QED) is 0.650. The third kappa shape index (κ3) is 3.91. The van der Waals surface area contributed by atoms with Crippen molar-refractivity contribution in [3.63, 3.8) is 0 Å². The zero-order valence-electron chi connectivity index (χ0n) is 17.1. The lowest BCUT2D eigenvalue weighted by Gasteiger charge is -2.47. The lowest BCUT2D eigenvalue weighted by atomic mass is 9.66. The summed E-state index contributed by atoms with van der Waals surface area (Å²) in [5.41, 5.74) is 3.39. The summed E-state index contributed by atoms with van der Waals surface area (Å²) < 4.78 is 5.22. The molecule has 2 aliphatic rings. The van der Waals surface area contributed by atoms with Gasteiger partial charge in [0.2, 0.25) is 5.89 Å². The van der Waals surface area contributed by atoms with E-state index in [2.05, 4.69) is 51.5 Å². The van der Waals surface area contributed by atoms with Gasteiger partial charge in [0.1, 0.15) is 0 Å². The molecule has 1 aromatic heterocycles. The Morgan fingerprint density at radius 3 is 2.96 bits per heavy atom. The van der Waals surface area contributed by atoms with Gasteiger partial charge in [-0.15, -0.1) is 0 Å². The number of fused-ring (bicyclic) bond motifs is 2. The Morgan fingerprint density at radius 1 is 1.29 bits per heavy atom. The Bertz CT molecular complexity index is 830. The molecule has 4 rings (SSSR count). The predicted octanol–water partition coefficient (Wildman–Crippen LogP) is 3.26. The van der Waals surface area contributed by atoms with Gasteiger partial charge in [0, 0.05) is 31.5 Å². The fourth-order valence-corrected chi connectivity index (χ4v) is 4.87. The fourth-order valence-electron chi connectivity index (χ4n) is 4.87. The van der Waals surface area contributed by atoms with Crippen LogP contribution in [0, 0.1) is 6.92 Å². The minimum Gasteiger partial charge on any atom is -0.357 e. The number of likely N-dealkylation sites (tertiary alicyclic amines) is 1. The third-order valence-corrected chi connectivity index (χ3v) is 6.06. The van der Waals surface area contributed by atoms with E-state index in [9.17, 15) is 0 Å². The van der Waals surface area contributed by atoms with E-state index in [-0.39, 0.29) is 5.41 Å². The molecular weight excluding hydrogens is 350 g/mol. The number of rotatable bonds is 4. The number of guanidine groups is 1. The van der Waals surface area contributed by atoms with Crippen molar-refractivity contribution in [1.29, 1.82) is 0 Å². The van der Waals surface area contributed by atoms with Gasteiger partial charge >= 0.3 is 0 Å². The van der Waals surface area contributed by atoms with Crippen LogP contribution >= 0.6 is 0 Å². The van der Waals surface area contributed by atoms with Crippen LogP contribution in [-0.2, 0) is 18.3 Å². The smallest absolute Gasteiger partial charge is 0.228 e. The predicted molar refractivity (Wildman–Crippen MR) is 111 cm³/mol. The van der Waals surface area contributed by atoms with E-state index in [0.717, 1.165) is 25.6 Å². The van der Waals surface area contributed by atoms with E-state index < -0.39 is 0 Å². The lowest BCUT2D eigenvalue weighted by Crippen LogP contribution is -2.53. The van der Waals surface area contributed by atoms with Crippen molar-refractivity contribution in [3.05, 3.63) is 47.1 Å². The molecule has 1 saturated heterocycles. The first kappa shape index (κ1) is 19.0. The molecule has 1 atom stereocenters. The highest BCUT2D eigenvalue weighted by Crippen LogP contribution is 2.43. The average molecular weight is 382 g/mol. The number of hydrogen-bond donors (Lipinski definition) is 1. The summed E-state index contributed by atoms with van der Waals surface area (Å²) >= 11 is 0. The van der Waals surface area contributed by atoms with Crippen LogP contribution < -0.4 is 5.32 Å².